The van der Waals surface area contributed by atoms with Gasteiger partial charge in [-0.2, -0.15) is 0 Å². The first-order valence-corrected chi connectivity index (χ1v) is 12.2. The van der Waals surface area contributed by atoms with Crippen LogP contribution in [0.25, 0.3) is 0 Å². The highest BCUT2D eigenvalue weighted by Gasteiger charge is 2.57. The van der Waals surface area contributed by atoms with E-state index in [0.29, 0.717) is 24.3 Å². The molecule has 1 saturated heterocycles. The van der Waals surface area contributed by atoms with Crippen LogP contribution in [0.5, 0.6) is 0 Å². The van der Waals surface area contributed by atoms with Gasteiger partial charge < -0.3 is 29.5 Å². The zero-order valence-electron chi connectivity index (χ0n) is 21.1. The standard InChI is InChI=1S/C26H42O7/c1-8-15(4)23(30)32-22-21(29)20(28)16(5)31-24(22)33-26(7)12-10-19(27)25(6)11-9-17(14(2)3)13-18(25)26/h8-9,14,16,18-22,24,27-29H,10-13H2,1-7H3/b15-8-/t16-,18-,19-,20+,21+,22+,24+,25-,26+/m0/s1. The van der Waals surface area contributed by atoms with E-state index in [1.54, 1.807) is 26.8 Å². The second-order valence-corrected chi connectivity index (χ2v) is 10.9. The van der Waals surface area contributed by atoms with Crippen molar-refractivity contribution in [2.45, 2.75) is 117 Å². The molecular formula is C26H42O7. The summed E-state index contributed by atoms with van der Waals surface area (Å²) in [6.07, 6.45) is 0.791. The van der Waals surface area contributed by atoms with Gasteiger partial charge in [0.2, 0.25) is 0 Å². The van der Waals surface area contributed by atoms with Crippen LogP contribution >= 0.6 is 0 Å². The lowest BCUT2D eigenvalue weighted by molar-refractivity contribution is -0.338. The Bertz CT molecular complexity index is 790. The van der Waals surface area contributed by atoms with Crippen LogP contribution in [0.15, 0.2) is 23.3 Å². The van der Waals surface area contributed by atoms with Crippen LogP contribution in [0, 0.1) is 17.3 Å². The molecular weight excluding hydrogens is 424 g/mol. The largest absolute Gasteiger partial charge is 0.451 e. The molecule has 3 aliphatic rings. The Morgan fingerprint density at radius 3 is 2.52 bits per heavy atom. The molecule has 1 heterocycles. The van der Waals surface area contributed by atoms with Crippen LogP contribution in [0.1, 0.15) is 74.1 Å². The SMILES string of the molecule is C/C=C(/C)C(=O)O[C@H]1[C@@H](O[C@]2(C)CC[C@H](O)[C@@]3(C)CC=C(C(C)C)C[C@@H]32)O[C@@H](C)[C@@H](O)[C@H]1O. The number of ether oxygens (including phenoxy) is 3. The van der Waals surface area contributed by atoms with Crippen molar-refractivity contribution in [1.29, 1.82) is 0 Å². The summed E-state index contributed by atoms with van der Waals surface area (Å²) < 4.78 is 18.2. The van der Waals surface area contributed by atoms with Gasteiger partial charge in [0.25, 0.3) is 0 Å². The fourth-order valence-electron chi connectivity index (χ4n) is 5.69. The van der Waals surface area contributed by atoms with Gasteiger partial charge in [0.05, 0.1) is 17.8 Å². The molecule has 0 bridgehead atoms. The van der Waals surface area contributed by atoms with Crippen molar-refractivity contribution in [3.63, 3.8) is 0 Å². The summed E-state index contributed by atoms with van der Waals surface area (Å²) >= 11 is 0. The number of hydrogen-bond acceptors (Lipinski definition) is 7. The van der Waals surface area contributed by atoms with E-state index in [1.807, 2.05) is 6.92 Å². The Morgan fingerprint density at radius 1 is 1.24 bits per heavy atom. The van der Waals surface area contributed by atoms with Crippen LogP contribution < -0.4 is 0 Å². The van der Waals surface area contributed by atoms with Crippen molar-refractivity contribution in [1.82, 2.24) is 0 Å². The second-order valence-electron chi connectivity index (χ2n) is 10.9. The Labute approximate surface area is 197 Å². The number of carbonyl (C=O) groups excluding carboxylic acids is 1. The van der Waals surface area contributed by atoms with E-state index in [9.17, 15) is 20.1 Å². The van der Waals surface area contributed by atoms with Crippen LogP contribution in [0.3, 0.4) is 0 Å². The lowest BCUT2D eigenvalue weighted by Crippen LogP contribution is -2.63. The van der Waals surface area contributed by atoms with Crippen molar-refractivity contribution >= 4 is 5.97 Å². The first-order valence-electron chi connectivity index (χ1n) is 12.2. The third kappa shape index (κ3) is 4.94. The van der Waals surface area contributed by atoms with Crippen LogP contribution in [0.4, 0.5) is 0 Å². The summed E-state index contributed by atoms with van der Waals surface area (Å²) in [7, 11) is 0. The highest BCUT2D eigenvalue weighted by Crippen LogP contribution is 2.56. The van der Waals surface area contributed by atoms with Gasteiger partial charge in [0, 0.05) is 11.0 Å². The molecule has 9 atom stereocenters. The Morgan fingerprint density at radius 2 is 1.91 bits per heavy atom. The van der Waals surface area contributed by atoms with Gasteiger partial charge in [-0.1, -0.05) is 38.5 Å². The first kappa shape index (κ1) is 26.4. The zero-order valence-corrected chi connectivity index (χ0v) is 21.1. The minimum atomic E-state index is -1.34. The molecule has 2 fully saturated rings. The molecule has 0 spiro atoms. The van der Waals surface area contributed by atoms with Gasteiger partial charge in [-0.05, 0) is 65.2 Å². The summed E-state index contributed by atoms with van der Waals surface area (Å²) in [6, 6.07) is 0. The molecule has 0 aromatic rings. The smallest absolute Gasteiger partial charge is 0.333 e. The number of hydrogen-bond donors (Lipinski definition) is 3. The van der Waals surface area contributed by atoms with E-state index >= 15 is 0 Å². The van der Waals surface area contributed by atoms with Crippen LogP contribution in [-0.2, 0) is 19.0 Å². The summed E-state index contributed by atoms with van der Waals surface area (Å²) in [5.41, 5.74) is 0.723. The number of rotatable bonds is 5. The highest BCUT2D eigenvalue weighted by molar-refractivity contribution is 5.87. The highest BCUT2D eigenvalue weighted by atomic mass is 16.7. The molecule has 0 aromatic heterocycles. The molecule has 33 heavy (non-hydrogen) atoms. The molecule has 1 saturated carbocycles. The quantitative estimate of drug-likeness (QED) is 0.324. The van der Waals surface area contributed by atoms with Crippen molar-refractivity contribution in [3.05, 3.63) is 23.3 Å². The van der Waals surface area contributed by atoms with Crippen molar-refractivity contribution in [2.75, 3.05) is 0 Å². The number of carbonyl (C=O) groups is 1. The lowest BCUT2D eigenvalue weighted by Gasteiger charge is -2.57. The maximum Gasteiger partial charge on any atom is 0.333 e. The van der Waals surface area contributed by atoms with Gasteiger partial charge in [-0.25, -0.2) is 4.79 Å². The number of allylic oxidation sites excluding steroid dienone is 3. The molecule has 0 unspecified atom stereocenters. The molecule has 7 nitrogen and oxygen atoms in total. The van der Waals surface area contributed by atoms with E-state index in [0.717, 1.165) is 12.8 Å². The number of aliphatic hydroxyl groups excluding tert-OH is 3. The summed E-state index contributed by atoms with van der Waals surface area (Å²) in [5, 5.41) is 32.1. The second kappa shape index (κ2) is 9.78. The summed E-state index contributed by atoms with van der Waals surface area (Å²) in [5.74, 6) is -0.164. The van der Waals surface area contributed by atoms with Crippen molar-refractivity contribution in [3.8, 4) is 0 Å². The average molecular weight is 467 g/mol. The maximum absolute atomic E-state index is 12.5. The number of aliphatic hydroxyl groups is 3. The fourth-order valence-corrected chi connectivity index (χ4v) is 5.69. The third-order valence-electron chi connectivity index (χ3n) is 8.36. The first-order chi connectivity index (χ1) is 15.3. The molecule has 0 radical (unpaired) electrons. The molecule has 7 heteroatoms. The fraction of sp³-hybridized carbons (Fsp3) is 0.808. The Kier molecular flexibility index (Phi) is 7.81. The topological polar surface area (TPSA) is 105 Å². The summed E-state index contributed by atoms with van der Waals surface area (Å²) in [6.45, 7) is 13.5. The molecule has 1 aliphatic heterocycles. The average Bonchev–Trinajstić information content (AvgIpc) is 2.77. The monoisotopic (exact) mass is 466 g/mol. The minimum absolute atomic E-state index is 0.0210. The van der Waals surface area contributed by atoms with E-state index in [2.05, 4.69) is 26.8 Å². The van der Waals surface area contributed by atoms with E-state index < -0.39 is 48.4 Å². The molecule has 3 N–H and O–H groups in total. The third-order valence-corrected chi connectivity index (χ3v) is 8.36. The normalized spacial score (nSPS) is 44.3. The zero-order chi connectivity index (χ0) is 24.7. The number of fused-ring (bicyclic) bond motifs is 1. The summed E-state index contributed by atoms with van der Waals surface area (Å²) in [4.78, 5) is 12.5. The predicted molar refractivity (Wildman–Crippen MR) is 124 cm³/mol. The van der Waals surface area contributed by atoms with Gasteiger partial charge in [-0.15, -0.1) is 0 Å². The maximum atomic E-state index is 12.5. The Balaban J connectivity index is 1.91. The molecule has 2 aliphatic carbocycles. The minimum Gasteiger partial charge on any atom is -0.451 e. The Hall–Kier alpha value is -1.25. The number of esters is 1. The van der Waals surface area contributed by atoms with Gasteiger partial charge in [0.1, 0.15) is 12.2 Å². The van der Waals surface area contributed by atoms with Crippen molar-refractivity contribution in [2.24, 2.45) is 17.3 Å². The van der Waals surface area contributed by atoms with E-state index in [1.165, 1.54) is 5.57 Å². The van der Waals surface area contributed by atoms with Crippen molar-refractivity contribution < 1.29 is 34.3 Å². The van der Waals surface area contributed by atoms with Gasteiger partial charge in [0.15, 0.2) is 12.4 Å². The molecule has 3 rings (SSSR count). The molecule has 188 valence electrons. The van der Waals surface area contributed by atoms with Gasteiger partial charge in [-0.3, -0.25) is 0 Å². The molecule has 0 aromatic carbocycles. The van der Waals surface area contributed by atoms with Gasteiger partial charge >= 0.3 is 5.97 Å². The van der Waals surface area contributed by atoms with E-state index in [-0.39, 0.29) is 11.3 Å². The lowest BCUT2D eigenvalue weighted by atomic mass is 9.54. The van der Waals surface area contributed by atoms with Crippen LogP contribution in [0.2, 0.25) is 0 Å². The predicted octanol–water partition coefficient (Wildman–Crippen LogP) is 3.26. The van der Waals surface area contributed by atoms with Crippen LogP contribution in [-0.4, -0.2) is 63.7 Å². The molecule has 0 amide bonds. The van der Waals surface area contributed by atoms with E-state index in [4.69, 9.17) is 14.2 Å².